The summed E-state index contributed by atoms with van der Waals surface area (Å²) in [5, 5.41) is 0. The van der Waals surface area contributed by atoms with Gasteiger partial charge in [0.15, 0.2) is 0 Å². The molecule has 24 heavy (non-hydrogen) atoms. The molecule has 5 heteroatoms. The molecule has 0 amide bonds. The molecule has 4 atom stereocenters. The van der Waals surface area contributed by atoms with Crippen LogP contribution in [0.1, 0.15) is 18.9 Å². The van der Waals surface area contributed by atoms with E-state index in [9.17, 15) is 8.42 Å². The molecule has 0 N–H and O–H groups in total. The fourth-order valence-corrected chi connectivity index (χ4v) is 4.91. The number of ether oxygens (including phenoxy) is 1. The molecule has 2 aliphatic rings. The standard InChI is InChI=1S/C19H23NO3S/c1-4-12-20(24(21,22)16-7-5-14(2)6-8-16)13-11-17-15(3)18-9-10-19(17)23-18/h1,5-10,15,17-19H,11-13H2,2-3H3. The lowest BCUT2D eigenvalue weighted by Gasteiger charge is -2.25. The van der Waals surface area contributed by atoms with E-state index >= 15 is 0 Å². The molecule has 2 heterocycles. The largest absolute Gasteiger partial charge is 0.366 e. The van der Waals surface area contributed by atoms with E-state index in [0.29, 0.717) is 23.3 Å². The fourth-order valence-electron chi connectivity index (χ4n) is 3.54. The molecule has 4 unspecified atom stereocenters. The first-order valence-electron chi connectivity index (χ1n) is 8.27. The molecule has 2 aliphatic heterocycles. The Kier molecular flexibility index (Phi) is 4.82. The number of rotatable bonds is 6. The van der Waals surface area contributed by atoms with E-state index < -0.39 is 10.0 Å². The van der Waals surface area contributed by atoms with Gasteiger partial charge in [-0.1, -0.05) is 42.7 Å². The van der Waals surface area contributed by atoms with Gasteiger partial charge in [0.2, 0.25) is 10.0 Å². The van der Waals surface area contributed by atoms with Gasteiger partial charge in [-0.3, -0.25) is 0 Å². The first-order valence-corrected chi connectivity index (χ1v) is 9.71. The van der Waals surface area contributed by atoms with Gasteiger partial charge in [-0.2, -0.15) is 4.31 Å². The van der Waals surface area contributed by atoms with E-state index in [0.717, 1.165) is 12.0 Å². The number of hydrogen-bond donors (Lipinski definition) is 0. The SMILES string of the molecule is C#CCN(CCC1C2C=CC(O2)C1C)S(=O)(=O)c1ccc(C)cc1. The molecule has 0 radical (unpaired) electrons. The van der Waals surface area contributed by atoms with Crippen LogP contribution >= 0.6 is 0 Å². The first kappa shape index (κ1) is 17.2. The van der Waals surface area contributed by atoms with Gasteiger partial charge in [-0.25, -0.2) is 8.42 Å². The van der Waals surface area contributed by atoms with Crippen LogP contribution < -0.4 is 0 Å². The number of fused-ring (bicyclic) bond motifs is 2. The summed E-state index contributed by atoms with van der Waals surface area (Å²) in [6.45, 7) is 4.59. The quantitative estimate of drug-likeness (QED) is 0.588. The molecule has 0 saturated carbocycles. The van der Waals surface area contributed by atoms with Crippen molar-refractivity contribution in [1.82, 2.24) is 4.31 Å². The number of aryl methyl sites for hydroxylation is 1. The van der Waals surface area contributed by atoms with Crippen molar-refractivity contribution in [1.29, 1.82) is 0 Å². The number of nitrogens with zero attached hydrogens (tertiary/aromatic N) is 1. The second-order valence-electron chi connectivity index (χ2n) is 6.62. The summed E-state index contributed by atoms with van der Waals surface area (Å²) >= 11 is 0. The lowest BCUT2D eigenvalue weighted by Crippen LogP contribution is -2.35. The maximum Gasteiger partial charge on any atom is 0.243 e. The number of benzene rings is 1. The Morgan fingerprint density at radius 3 is 2.46 bits per heavy atom. The van der Waals surface area contributed by atoms with Crippen LogP contribution in [-0.4, -0.2) is 38.0 Å². The highest BCUT2D eigenvalue weighted by Crippen LogP contribution is 2.40. The summed E-state index contributed by atoms with van der Waals surface area (Å²) in [6.07, 6.45) is 10.6. The van der Waals surface area contributed by atoms with Gasteiger partial charge in [-0.15, -0.1) is 6.42 Å². The van der Waals surface area contributed by atoms with Gasteiger partial charge in [0.05, 0.1) is 23.6 Å². The van der Waals surface area contributed by atoms with Crippen LogP contribution in [0.5, 0.6) is 0 Å². The van der Waals surface area contributed by atoms with E-state index in [4.69, 9.17) is 11.2 Å². The summed E-state index contributed by atoms with van der Waals surface area (Å²) in [7, 11) is -3.57. The van der Waals surface area contributed by atoms with Crippen molar-refractivity contribution in [2.75, 3.05) is 13.1 Å². The highest BCUT2D eigenvalue weighted by Gasteiger charge is 2.43. The zero-order chi connectivity index (χ0) is 17.3. The fraction of sp³-hybridized carbons (Fsp3) is 0.474. The van der Waals surface area contributed by atoms with Crippen LogP contribution in [-0.2, 0) is 14.8 Å². The third-order valence-corrected chi connectivity index (χ3v) is 6.92. The molecule has 3 rings (SSSR count). The number of terminal acetylenes is 1. The van der Waals surface area contributed by atoms with Crippen LogP contribution in [0.3, 0.4) is 0 Å². The Hall–Kier alpha value is -1.61. The lowest BCUT2D eigenvalue weighted by molar-refractivity contribution is 0.103. The summed E-state index contributed by atoms with van der Waals surface area (Å²) in [6, 6.07) is 6.88. The Morgan fingerprint density at radius 2 is 1.88 bits per heavy atom. The van der Waals surface area contributed by atoms with Crippen LogP contribution in [0.15, 0.2) is 41.3 Å². The van der Waals surface area contributed by atoms with Crippen LogP contribution in [0.4, 0.5) is 0 Å². The molecule has 4 nitrogen and oxygen atoms in total. The molecule has 1 saturated heterocycles. The van der Waals surface area contributed by atoms with Crippen molar-refractivity contribution < 1.29 is 13.2 Å². The average molecular weight is 345 g/mol. The number of hydrogen-bond acceptors (Lipinski definition) is 3. The maximum atomic E-state index is 12.9. The average Bonchev–Trinajstić information content (AvgIpc) is 3.14. The molecule has 128 valence electrons. The minimum absolute atomic E-state index is 0.0854. The maximum absolute atomic E-state index is 12.9. The van der Waals surface area contributed by atoms with Gasteiger partial charge in [-0.05, 0) is 37.3 Å². The molecule has 0 aromatic heterocycles. The second kappa shape index (κ2) is 6.72. The van der Waals surface area contributed by atoms with Gasteiger partial charge < -0.3 is 4.74 Å². The Bertz CT molecular complexity index is 761. The highest BCUT2D eigenvalue weighted by molar-refractivity contribution is 7.89. The highest BCUT2D eigenvalue weighted by atomic mass is 32.2. The predicted molar refractivity (Wildman–Crippen MR) is 93.8 cm³/mol. The third kappa shape index (κ3) is 3.14. The van der Waals surface area contributed by atoms with Crippen molar-refractivity contribution in [2.24, 2.45) is 11.8 Å². The van der Waals surface area contributed by atoms with Crippen molar-refractivity contribution >= 4 is 10.0 Å². The summed E-state index contributed by atoms with van der Waals surface area (Å²) < 4.78 is 33.0. The number of sulfonamides is 1. The zero-order valence-electron chi connectivity index (χ0n) is 14.1. The van der Waals surface area contributed by atoms with Crippen LogP contribution in [0.25, 0.3) is 0 Å². The van der Waals surface area contributed by atoms with Crippen LogP contribution in [0.2, 0.25) is 0 Å². The van der Waals surface area contributed by atoms with Crippen molar-refractivity contribution in [3.05, 3.63) is 42.0 Å². The lowest BCUT2D eigenvalue weighted by atomic mass is 9.82. The third-order valence-electron chi connectivity index (χ3n) is 5.06. The smallest absolute Gasteiger partial charge is 0.243 e. The molecule has 1 aromatic rings. The monoisotopic (exact) mass is 345 g/mol. The minimum Gasteiger partial charge on any atom is -0.366 e. The predicted octanol–water partition coefficient (Wildman–Crippen LogP) is 2.60. The van der Waals surface area contributed by atoms with E-state index in [1.54, 1.807) is 24.3 Å². The topological polar surface area (TPSA) is 46.6 Å². The van der Waals surface area contributed by atoms with Crippen molar-refractivity contribution in [3.63, 3.8) is 0 Å². The molecule has 0 aliphatic carbocycles. The summed E-state index contributed by atoms with van der Waals surface area (Å²) in [4.78, 5) is 0.292. The van der Waals surface area contributed by atoms with Gasteiger partial charge in [0.25, 0.3) is 0 Å². The van der Waals surface area contributed by atoms with Crippen molar-refractivity contribution in [3.8, 4) is 12.3 Å². The summed E-state index contributed by atoms with van der Waals surface area (Å²) in [5.74, 6) is 3.23. The second-order valence-corrected chi connectivity index (χ2v) is 8.56. The van der Waals surface area contributed by atoms with E-state index in [1.165, 1.54) is 4.31 Å². The molecule has 0 spiro atoms. The Balaban J connectivity index is 1.74. The van der Waals surface area contributed by atoms with E-state index in [-0.39, 0.29) is 18.8 Å². The normalized spacial score (nSPS) is 28.4. The molecule has 2 bridgehead atoms. The Labute approximate surface area is 144 Å². The van der Waals surface area contributed by atoms with Gasteiger partial charge in [0.1, 0.15) is 0 Å². The van der Waals surface area contributed by atoms with Gasteiger partial charge in [0, 0.05) is 6.54 Å². The minimum atomic E-state index is -3.57. The molecular formula is C19H23NO3S. The van der Waals surface area contributed by atoms with Crippen LogP contribution in [0, 0.1) is 31.1 Å². The first-order chi connectivity index (χ1) is 11.4. The van der Waals surface area contributed by atoms with E-state index in [1.807, 2.05) is 6.92 Å². The van der Waals surface area contributed by atoms with E-state index in [2.05, 4.69) is 25.0 Å². The van der Waals surface area contributed by atoms with Crippen molar-refractivity contribution in [2.45, 2.75) is 37.4 Å². The molecular weight excluding hydrogens is 322 g/mol. The Morgan fingerprint density at radius 1 is 1.21 bits per heavy atom. The molecule has 1 fully saturated rings. The summed E-state index contributed by atoms with van der Waals surface area (Å²) in [5.41, 5.74) is 1.03. The zero-order valence-corrected chi connectivity index (χ0v) is 14.9. The van der Waals surface area contributed by atoms with Gasteiger partial charge >= 0.3 is 0 Å². The molecule has 1 aromatic carbocycles.